The van der Waals surface area contributed by atoms with Crippen molar-refractivity contribution in [1.29, 1.82) is 0 Å². The summed E-state index contributed by atoms with van der Waals surface area (Å²) < 4.78 is 38.7. The van der Waals surface area contributed by atoms with E-state index in [0.717, 1.165) is 22.6 Å². The number of aryl methyl sites for hydroxylation is 1. The fraction of sp³-hybridized carbons (Fsp3) is 0.250. The Morgan fingerprint density at radius 1 is 1.20 bits per heavy atom. The number of alkyl halides is 3. The van der Waals surface area contributed by atoms with Gasteiger partial charge in [-0.1, -0.05) is 35.9 Å². The van der Waals surface area contributed by atoms with E-state index in [4.69, 9.17) is 11.6 Å². The zero-order chi connectivity index (χ0) is 21.7. The zero-order valence-corrected chi connectivity index (χ0v) is 16.1. The fourth-order valence-electron chi connectivity index (χ4n) is 3.86. The zero-order valence-electron chi connectivity index (χ0n) is 15.3. The van der Waals surface area contributed by atoms with Crippen LogP contribution in [0.25, 0.3) is 0 Å². The van der Waals surface area contributed by atoms with Crippen molar-refractivity contribution < 1.29 is 27.6 Å². The third-order valence-electron chi connectivity index (χ3n) is 5.29. The second-order valence-corrected chi connectivity index (χ2v) is 7.53. The monoisotopic (exact) mass is 437 g/mol. The summed E-state index contributed by atoms with van der Waals surface area (Å²) in [6, 6.07) is 8.98. The van der Waals surface area contributed by atoms with Gasteiger partial charge in [0.25, 0.3) is 5.91 Å². The number of rotatable bonds is 3. The van der Waals surface area contributed by atoms with Crippen LogP contribution >= 0.6 is 11.6 Å². The average molecular weight is 438 g/mol. The number of imide groups is 1. The van der Waals surface area contributed by atoms with Gasteiger partial charge in [0.2, 0.25) is 5.91 Å². The van der Waals surface area contributed by atoms with Crippen LogP contribution in [0.2, 0.25) is 5.02 Å². The minimum atomic E-state index is -4.61. The molecular formula is C20H15ClF3N3O3. The molecule has 30 heavy (non-hydrogen) atoms. The molecule has 1 heterocycles. The Bertz CT molecular complexity index is 1070. The highest BCUT2D eigenvalue weighted by Crippen LogP contribution is 2.41. The SMILES string of the molecule is O=C(CN1C(=O)N[C@]2(CCc3ccccc32)C1=O)Nc1cc(C(F)(F)F)ccc1Cl. The van der Waals surface area contributed by atoms with Crippen LogP contribution in [0.3, 0.4) is 0 Å². The highest BCUT2D eigenvalue weighted by atomic mass is 35.5. The molecule has 6 nitrogen and oxygen atoms in total. The van der Waals surface area contributed by atoms with E-state index in [9.17, 15) is 27.6 Å². The van der Waals surface area contributed by atoms with E-state index in [1.165, 1.54) is 0 Å². The number of amides is 4. The van der Waals surface area contributed by atoms with Gasteiger partial charge in [0.05, 0.1) is 16.3 Å². The highest BCUT2D eigenvalue weighted by molar-refractivity contribution is 6.33. The topological polar surface area (TPSA) is 78.5 Å². The van der Waals surface area contributed by atoms with Gasteiger partial charge in [-0.3, -0.25) is 14.5 Å². The smallest absolute Gasteiger partial charge is 0.323 e. The van der Waals surface area contributed by atoms with Crippen molar-refractivity contribution in [2.45, 2.75) is 24.6 Å². The van der Waals surface area contributed by atoms with E-state index in [1.807, 2.05) is 12.1 Å². The lowest BCUT2D eigenvalue weighted by atomic mass is 9.92. The highest BCUT2D eigenvalue weighted by Gasteiger charge is 2.55. The van der Waals surface area contributed by atoms with Crippen LogP contribution in [-0.2, 0) is 27.7 Å². The minimum Gasteiger partial charge on any atom is -0.323 e. The summed E-state index contributed by atoms with van der Waals surface area (Å²) in [4.78, 5) is 38.6. The van der Waals surface area contributed by atoms with E-state index in [0.29, 0.717) is 24.5 Å². The Hall–Kier alpha value is -3.07. The van der Waals surface area contributed by atoms with Crippen molar-refractivity contribution in [1.82, 2.24) is 10.2 Å². The Morgan fingerprint density at radius 2 is 1.93 bits per heavy atom. The lowest BCUT2D eigenvalue weighted by Gasteiger charge is -2.22. The molecule has 10 heteroatoms. The van der Waals surface area contributed by atoms with Crippen LogP contribution < -0.4 is 10.6 Å². The second kappa shape index (κ2) is 7.02. The van der Waals surface area contributed by atoms with Crippen molar-refractivity contribution in [3.05, 3.63) is 64.2 Å². The molecule has 0 radical (unpaired) electrons. The number of benzene rings is 2. The third-order valence-corrected chi connectivity index (χ3v) is 5.62. The number of fused-ring (bicyclic) bond motifs is 2. The van der Waals surface area contributed by atoms with E-state index in [1.54, 1.807) is 12.1 Å². The average Bonchev–Trinajstić information content (AvgIpc) is 3.16. The Morgan fingerprint density at radius 3 is 2.67 bits per heavy atom. The van der Waals surface area contributed by atoms with Crippen molar-refractivity contribution in [2.75, 3.05) is 11.9 Å². The largest absolute Gasteiger partial charge is 0.416 e. The predicted octanol–water partition coefficient (Wildman–Crippen LogP) is 3.69. The Labute approximate surface area is 174 Å². The molecule has 2 aromatic rings. The lowest BCUT2D eigenvalue weighted by Crippen LogP contribution is -2.43. The molecule has 1 saturated heterocycles. The molecule has 1 aliphatic carbocycles. The quantitative estimate of drug-likeness (QED) is 0.719. The molecule has 0 saturated carbocycles. The summed E-state index contributed by atoms with van der Waals surface area (Å²) in [6.45, 7) is -0.652. The summed E-state index contributed by atoms with van der Waals surface area (Å²) >= 11 is 5.88. The first-order valence-electron chi connectivity index (χ1n) is 9.01. The summed E-state index contributed by atoms with van der Waals surface area (Å²) in [6.07, 6.45) is -3.65. The molecule has 2 N–H and O–H groups in total. The number of urea groups is 1. The number of halogens is 4. The number of anilines is 1. The number of nitrogens with zero attached hydrogens (tertiary/aromatic N) is 1. The van der Waals surface area contributed by atoms with Gasteiger partial charge in [0.15, 0.2) is 0 Å². The molecule has 2 aromatic carbocycles. The van der Waals surface area contributed by atoms with Crippen LogP contribution in [0.1, 0.15) is 23.1 Å². The van der Waals surface area contributed by atoms with Gasteiger partial charge in [0.1, 0.15) is 12.1 Å². The first-order valence-corrected chi connectivity index (χ1v) is 9.39. The van der Waals surface area contributed by atoms with Crippen LogP contribution in [0.5, 0.6) is 0 Å². The standard InChI is InChI=1S/C20H15ClF3N3O3/c21-14-6-5-12(20(22,23)24)9-15(14)25-16(28)10-27-17(29)19(26-18(27)30)8-7-11-3-1-2-4-13(11)19/h1-6,9H,7-8,10H2,(H,25,28)(H,26,30)/t19-/m0/s1. The summed E-state index contributed by atoms with van der Waals surface area (Å²) in [5, 5.41) is 4.82. The number of carbonyl (C=O) groups is 3. The van der Waals surface area contributed by atoms with Crippen LogP contribution in [0.4, 0.5) is 23.7 Å². The molecule has 1 aliphatic heterocycles. The number of nitrogens with one attached hydrogen (secondary N) is 2. The van der Waals surface area contributed by atoms with Gasteiger partial charge >= 0.3 is 12.2 Å². The summed E-state index contributed by atoms with van der Waals surface area (Å²) in [5.74, 6) is -1.41. The van der Waals surface area contributed by atoms with E-state index >= 15 is 0 Å². The molecule has 1 spiro atoms. The summed E-state index contributed by atoms with van der Waals surface area (Å²) in [7, 11) is 0. The van der Waals surface area contributed by atoms with Crippen molar-refractivity contribution >= 4 is 35.1 Å². The van der Waals surface area contributed by atoms with Gasteiger partial charge in [-0.25, -0.2) is 4.79 Å². The third kappa shape index (κ3) is 3.28. The predicted molar refractivity (Wildman–Crippen MR) is 102 cm³/mol. The molecule has 156 valence electrons. The van der Waals surface area contributed by atoms with Crippen LogP contribution in [-0.4, -0.2) is 29.3 Å². The molecule has 0 aromatic heterocycles. The first-order chi connectivity index (χ1) is 14.1. The maximum Gasteiger partial charge on any atom is 0.416 e. The van der Waals surface area contributed by atoms with Gasteiger partial charge in [0, 0.05) is 0 Å². The lowest BCUT2D eigenvalue weighted by molar-refractivity contribution is -0.137. The Kier molecular flexibility index (Phi) is 4.73. The molecule has 1 atom stereocenters. The molecular weight excluding hydrogens is 423 g/mol. The Balaban J connectivity index is 1.53. The van der Waals surface area contributed by atoms with Gasteiger partial charge < -0.3 is 10.6 Å². The first kappa shape index (κ1) is 20.2. The number of hydrogen-bond donors (Lipinski definition) is 2. The van der Waals surface area contributed by atoms with Gasteiger partial charge in [-0.05, 0) is 42.2 Å². The minimum absolute atomic E-state index is 0.102. The molecule has 1 fully saturated rings. The molecule has 0 bridgehead atoms. The second-order valence-electron chi connectivity index (χ2n) is 7.12. The van der Waals surface area contributed by atoms with E-state index in [2.05, 4.69) is 10.6 Å². The maximum atomic E-state index is 13.0. The van der Waals surface area contributed by atoms with Crippen molar-refractivity contribution in [3.63, 3.8) is 0 Å². The normalized spacial score (nSPS) is 20.5. The number of carbonyl (C=O) groups excluding carboxylic acids is 3. The van der Waals surface area contributed by atoms with Crippen LogP contribution in [0.15, 0.2) is 42.5 Å². The maximum absolute atomic E-state index is 13.0. The summed E-state index contributed by atoms with van der Waals surface area (Å²) in [5.41, 5.74) is -0.842. The molecule has 2 aliphatic rings. The van der Waals surface area contributed by atoms with Crippen molar-refractivity contribution in [2.24, 2.45) is 0 Å². The van der Waals surface area contributed by atoms with Gasteiger partial charge in [-0.15, -0.1) is 0 Å². The molecule has 0 unspecified atom stereocenters. The van der Waals surface area contributed by atoms with Crippen molar-refractivity contribution in [3.8, 4) is 0 Å². The van der Waals surface area contributed by atoms with E-state index < -0.39 is 41.7 Å². The number of hydrogen-bond acceptors (Lipinski definition) is 3. The van der Waals surface area contributed by atoms with E-state index in [-0.39, 0.29) is 10.7 Å². The molecule has 4 rings (SSSR count). The van der Waals surface area contributed by atoms with Crippen LogP contribution in [0, 0.1) is 0 Å². The molecule has 4 amide bonds. The fourth-order valence-corrected chi connectivity index (χ4v) is 4.03. The van der Waals surface area contributed by atoms with Gasteiger partial charge in [-0.2, -0.15) is 13.2 Å².